The summed E-state index contributed by atoms with van der Waals surface area (Å²) in [5, 5.41) is 17.6. The highest BCUT2D eigenvalue weighted by Gasteiger charge is 2.07. The third-order valence-corrected chi connectivity index (χ3v) is 2.30. The van der Waals surface area contributed by atoms with Crippen molar-refractivity contribution in [3.05, 3.63) is 28.7 Å². The molecule has 78 valence electrons. The Bertz CT molecular complexity index is 261. The van der Waals surface area contributed by atoms with Gasteiger partial charge in [0.1, 0.15) is 11.9 Å². The molecule has 0 aliphatic heterocycles. The van der Waals surface area contributed by atoms with Gasteiger partial charge in [-0.25, -0.2) is 0 Å². The van der Waals surface area contributed by atoms with E-state index < -0.39 is 0 Å². The lowest BCUT2D eigenvalue weighted by atomic mass is 10.2. The van der Waals surface area contributed by atoms with Gasteiger partial charge in [0.2, 0.25) is 0 Å². The van der Waals surface area contributed by atoms with Crippen LogP contribution in [0.5, 0.6) is 5.75 Å². The summed E-state index contributed by atoms with van der Waals surface area (Å²) in [7, 11) is 0. The molecule has 0 aromatic heterocycles. The average Bonchev–Trinajstić information content (AvgIpc) is 2.20. The van der Waals surface area contributed by atoms with Crippen molar-refractivity contribution in [1.82, 2.24) is 0 Å². The summed E-state index contributed by atoms with van der Waals surface area (Å²) in [5.41, 5.74) is 0. The van der Waals surface area contributed by atoms with Gasteiger partial charge in [0, 0.05) is 17.5 Å². The lowest BCUT2D eigenvalue weighted by molar-refractivity contribution is 0.0906. The molecule has 0 amide bonds. The lowest BCUT2D eigenvalue weighted by Gasteiger charge is -2.15. The third-order valence-electron chi connectivity index (χ3n) is 1.77. The smallest absolute Gasteiger partial charge is 0.124 e. The summed E-state index contributed by atoms with van der Waals surface area (Å²) >= 11 is 3.31. The maximum atomic E-state index is 8.93. The summed E-state index contributed by atoms with van der Waals surface area (Å²) in [6.07, 6.45) is 0.105. The Morgan fingerprint density at radius 2 is 1.86 bits per heavy atom. The number of rotatable bonds is 5. The van der Waals surface area contributed by atoms with Gasteiger partial charge in [-0.05, 0) is 24.3 Å². The fourth-order valence-corrected chi connectivity index (χ4v) is 1.30. The van der Waals surface area contributed by atoms with Crippen LogP contribution in [-0.4, -0.2) is 29.5 Å². The van der Waals surface area contributed by atoms with Crippen LogP contribution in [0.15, 0.2) is 28.7 Å². The first-order chi connectivity index (χ1) is 6.76. The SMILES string of the molecule is OCCC(CO)Oc1ccc(Br)cc1. The molecule has 1 rings (SSSR count). The van der Waals surface area contributed by atoms with Crippen molar-refractivity contribution in [3.8, 4) is 5.75 Å². The van der Waals surface area contributed by atoms with Crippen molar-refractivity contribution in [1.29, 1.82) is 0 Å². The van der Waals surface area contributed by atoms with Crippen LogP contribution >= 0.6 is 15.9 Å². The van der Waals surface area contributed by atoms with E-state index in [-0.39, 0.29) is 19.3 Å². The van der Waals surface area contributed by atoms with Gasteiger partial charge in [0.15, 0.2) is 0 Å². The minimum Gasteiger partial charge on any atom is -0.488 e. The molecule has 0 saturated heterocycles. The number of aliphatic hydroxyl groups is 2. The molecule has 14 heavy (non-hydrogen) atoms. The molecule has 0 spiro atoms. The predicted octanol–water partition coefficient (Wildman–Crippen LogP) is 1.57. The molecule has 4 heteroatoms. The van der Waals surface area contributed by atoms with Crippen molar-refractivity contribution in [2.75, 3.05) is 13.2 Å². The average molecular weight is 261 g/mol. The first-order valence-electron chi connectivity index (χ1n) is 4.40. The van der Waals surface area contributed by atoms with Crippen molar-refractivity contribution < 1.29 is 14.9 Å². The molecule has 0 aliphatic rings. The van der Waals surface area contributed by atoms with Crippen LogP contribution in [-0.2, 0) is 0 Å². The summed E-state index contributed by atoms with van der Waals surface area (Å²) in [4.78, 5) is 0. The van der Waals surface area contributed by atoms with Gasteiger partial charge >= 0.3 is 0 Å². The molecule has 1 aromatic carbocycles. The monoisotopic (exact) mass is 260 g/mol. The second-order valence-electron chi connectivity index (χ2n) is 2.89. The fraction of sp³-hybridized carbons (Fsp3) is 0.400. The molecular formula is C10H13BrO3. The topological polar surface area (TPSA) is 49.7 Å². The highest BCUT2D eigenvalue weighted by Crippen LogP contribution is 2.17. The Balaban J connectivity index is 2.53. The Hall–Kier alpha value is -0.580. The van der Waals surface area contributed by atoms with Gasteiger partial charge in [-0.15, -0.1) is 0 Å². The van der Waals surface area contributed by atoms with Gasteiger partial charge in [-0.2, -0.15) is 0 Å². The highest BCUT2D eigenvalue weighted by atomic mass is 79.9. The molecule has 0 heterocycles. The number of aliphatic hydroxyl groups excluding tert-OH is 2. The standard InChI is InChI=1S/C10H13BrO3/c11-8-1-3-9(4-2-8)14-10(7-13)5-6-12/h1-4,10,12-13H,5-7H2. The third kappa shape index (κ3) is 3.65. The second-order valence-corrected chi connectivity index (χ2v) is 3.80. The van der Waals surface area contributed by atoms with Crippen molar-refractivity contribution in [3.63, 3.8) is 0 Å². The first-order valence-corrected chi connectivity index (χ1v) is 5.19. The van der Waals surface area contributed by atoms with Gasteiger partial charge in [-0.1, -0.05) is 15.9 Å². The molecule has 1 atom stereocenters. The maximum absolute atomic E-state index is 8.93. The number of ether oxygens (including phenoxy) is 1. The van der Waals surface area contributed by atoms with Crippen LogP contribution in [0.3, 0.4) is 0 Å². The van der Waals surface area contributed by atoms with Crippen LogP contribution in [0.25, 0.3) is 0 Å². The molecule has 1 unspecified atom stereocenters. The Kier molecular flexibility index (Phi) is 4.93. The zero-order valence-electron chi connectivity index (χ0n) is 7.69. The fourth-order valence-electron chi connectivity index (χ4n) is 1.04. The number of benzene rings is 1. The van der Waals surface area contributed by atoms with Crippen LogP contribution in [0, 0.1) is 0 Å². The van der Waals surface area contributed by atoms with E-state index in [9.17, 15) is 0 Å². The lowest BCUT2D eigenvalue weighted by Crippen LogP contribution is -2.22. The van der Waals surface area contributed by atoms with Crippen molar-refractivity contribution in [2.45, 2.75) is 12.5 Å². The number of hydrogen-bond donors (Lipinski definition) is 2. The molecule has 0 saturated carbocycles. The van der Waals surface area contributed by atoms with Crippen molar-refractivity contribution >= 4 is 15.9 Å². The number of hydrogen-bond acceptors (Lipinski definition) is 3. The maximum Gasteiger partial charge on any atom is 0.124 e. The minimum absolute atomic E-state index is 0.0156. The zero-order chi connectivity index (χ0) is 10.4. The summed E-state index contributed by atoms with van der Waals surface area (Å²) in [6.45, 7) is -0.0711. The van der Waals surface area contributed by atoms with E-state index in [1.54, 1.807) is 0 Å². The Labute approximate surface area is 91.5 Å². The molecule has 0 aliphatic carbocycles. The quantitative estimate of drug-likeness (QED) is 0.845. The van der Waals surface area contributed by atoms with E-state index in [1.807, 2.05) is 24.3 Å². The van der Waals surface area contributed by atoms with E-state index in [0.29, 0.717) is 12.2 Å². The van der Waals surface area contributed by atoms with Gasteiger partial charge in [-0.3, -0.25) is 0 Å². The summed E-state index contributed by atoms with van der Waals surface area (Å²) in [6, 6.07) is 7.35. The zero-order valence-corrected chi connectivity index (χ0v) is 9.27. The molecule has 0 bridgehead atoms. The molecule has 1 aromatic rings. The molecular weight excluding hydrogens is 248 g/mol. The van der Waals surface area contributed by atoms with E-state index in [4.69, 9.17) is 14.9 Å². The summed E-state index contributed by atoms with van der Waals surface area (Å²) < 4.78 is 6.41. The molecule has 0 radical (unpaired) electrons. The number of halogens is 1. The molecule has 3 nitrogen and oxygen atoms in total. The summed E-state index contributed by atoms with van der Waals surface area (Å²) in [5.74, 6) is 0.695. The minimum atomic E-state index is -0.332. The van der Waals surface area contributed by atoms with Gasteiger partial charge in [0.25, 0.3) is 0 Å². The van der Waals surface area contributed by atoms with Crippen molar-refractivity contribution in [2.24, 2.45) is 0 Å². The molecule has 0 fully saturated rings. The van der Waals surface area contributed by atoms with Crippen LogP contribution in [0.2, 0.25) is 0 Å². The van der Waals surface area contributed by atoms with Gasteiger partial charge < -0.3 is 14.9 Å². The van der Waals surface area contributed by atoms with E-state index in [2.05, 4.69) is 15.9 Å². The first kappa shape index (κ1) is 11.5. The highest BCUT2D eigenvalue weighted by molar-refractivity contribution is 9.10. The van der Waals surface area contributed by atoms with Crippen LogP contribution in [0.1, 0.15) is 6.42 Å². The predicted molar refractivity (Wildman–Crippen MR) is 57.3 cm³/mol. The molecule has 2 N–H and O–H groups in total. The Morgan fingerprint density at radius 3 is 2.36 bits per heavy atom. The van der Waals surface area contributed by atoms with E-state index in [1.165, 1.54) is 0 Å². The largest absolute Gasteiger partial charge is 0.488 e. The Morgan fingerprint density at radius 1 is 1.21 bits per heavy atom. The second kappa shape index (κ2) is 6.01. The normalized spacial score (nSPS) is 12.5. The van der Waals surface area contributed by atoms with E-state index in [0.717, 1.165) is 4.47 Å². The van der Waals surface area contributed by atoms with Crippen LogP contribution < -0.4 is 4.74 Å². The van der Waals surface area contributed by atoms with Gasteiger partial charge in [0.05, 0.1) is 6.61 Å². The van der Waals surface area contributed by atoms with Crippen LogP contribution in [0.4, 0.5) is 0 Å². The van der Waals surface area contributed by atoms with E-state index >= 15 is 0 Å².